The number of carbonyl (C=O) groups excluding carboxylic acids is 1. The first-order chi connectivity index (χ1) is 4.22. The van der Waals surface area contributed by atoms with E-state index in [1.54, 1.807) is 6.92 Å². The predicted octanol–water partition coefficient (Wildman–Crippen LogP) is 1.84. The monoisotopic (exact) mass is 128 g/mol. The van der Waals surface area contributed by atoms with Gasteiger partial charge in [0.1, 0.15) is 0 Å². The van der Waals surface area contributed by atoms with E-state index in [2.05, 4.69) is 0 Å². The molecule has 1 aliphatic rings. The molecule has 2 heteroatoms. The van der Waals surface area contributed by atoms with Gasteiger partial charge in [-0.15, -0.1) is 0 Å². The Morgan fingerprint density at radius 3 is 2.89 bits per heavy atom. The molecule has 1 atom stereocenters. The topological polar surface area (TPSA) is 17.1 Å². The van der Waals surface area contributed by atoms with Crippen molar-refractivity contribution in [2.75, 3.05) is 0 Å². The van der Waals surface area contributed by atoms with E-state index in [4.69, 9.17) is 0 Å². The van der Waals surface area contributed by atoms with E-state index in [1.165, 1.54) is 6.08 Å². The van der Waals surface area contributed by atoms with Crippen molar-refractivity contribution in [3.8, 4) is 0 Å². The average molecular weight is 128 g/mol. The number of hydrogen-bond donors (Lipinski definition) is 0. The molecule has 1 rings (SSSR count). The maximum Gasteiger partial charge on any atom is 0.193 e. The fourth-order valence-electron chi connectivity index (χ4n) is 0.927. The zero-order valence-electron chi connectivity index (χ0n) is 5.36. The number of ketones is 1. The summed E-state index contributed by atoms with van der Waals surface area (Å²) in [5, 5.41) is 0. The van der Waals surface area contributed by atoms with Gasteiger partial charge in [0, 0.05) is 5.92 Å². The molecule has 1 aliphatic carbocycles. The minimum atomic E-state index is -0.547. The van der Waals surface area contributed by atoms with Crippen molar-refractivity contribution in [3.05, 3.63) is 11.9 Å². The van der Waals surface area contributed by atoms with Gasteiger partial charge >= 0.3 is 0 Å². The molecule has 0 bridgehead atoms. The fourth-order valence-corrected chi connectivity index (χ4v) is 0.927. The van der Waals surface area contributed by atoms with Gasteiger partial charge in [-0.25, -0.2) is 4.39 Å². The van der Waals surface area contributed by atoms with Crippen LogP contribution in [0.3, 0.4) is 0 Å². The average Bonchev–Trinajstić information content (AvgIpc) is 1.83. The second kappa shape index (κ2) is 2.29. The van der Waals surface area contributed by atoms with Crippen molar-refractivity contribution in [2.45, 2.75) is 19.8 Å². The zero-order valence-corrected chi connectivity index (χ0v) is 5.36. The Hall–Kier alpha value is -0.660. The van der Waals surface area contributed by atoms with Gasteiger partial charge in [-0.1, -0.05) is 6.92 Å². The minimum Gasteiger partial charge on any atom is -0.291 e. The highest BCUT2D eigenvalue weighted by Gasteiger charge is 2.20. The van der Waals surface area contributed by atoms with Crippen LogP contribution in [0.15, 0.2) is 11.9 Å². The quantitative estimate of drug-likeness (QED) is 0.486. The molecule has 0 fully saturated rings. The summed E-state index contributed by atoms with van der Waals surface area (Å²) in [6, 6.07) is 0. The van der Waals surface area contributed by atoms with Crippen LogP contribution in [0.5, 0.6) is 0 Å². The van der Waals surface area contributed by atoms with Gasteiger partial charge in [-0.3, -0.25) is 4.79 Å². The third kappa shape index (κ3) is 1.18. The third-order valence-corrected chi connectivity index (χ3v) is 1.61. The molecule has 0 radical (unpaired) electrons. The molecule has 0 N–H and O–H groups in total. The van der Waals surface area contributed by atoms with Gasteiger partial charge in [0.05, 0.1) is 0 Å². The van der Waals surface area contributed by atoms with Crippen molar-refractivity contribution in [1.82, 2.24) is 0 Å². The Morgan fingerprint density at radius 2 is 2.44 bits per heavy atom. The molecule has 0 saturated carbocycles. The van der Waals surface area contributed by atoms with Crippen LogP contribution in [0.1, 0.15) is 19.8 Å². The standard InChI is InChI=1S/C7H9FO/c1-5-3-2-4-6(8)7(5)9/h4-5H,2-3H2,1H3. The smallest absolute Gasteiger partial charge is 0.193 e. The lowest BCUT2D eigenvalue weighted by Gasteiger charge is -2.11. The Balaban J connectivity index is 2.74. The molecule has 1 nitrogen and oxygen atoms in total. The number of halogens is 1. The molecular weight excluding hydrogens is 119 g/mol. The molecule has 0 saturated heterocycles. The summed E-state index contributed by atoms with van der Waals surface area (Å²) in [5.41, 5.74) is 0. The lowest BCUT2D eigenvalue weighted by molar-refractivity contribution is -0.120. The van der Waals surface area contributed by atoms with Gasteiger partial charge in [0.2, 0.25) is 0 Å². The van der Waals surface area contributed by atoms with E-state index < -0.39 is 5.83 Å². The number of hydrogen-bond acceptors (Lipinski definition) is 1. The molecule has 9 heavy (non-hydrogen) atoms. The fraction of sp³-hybridized carbons (Fsp3) is 0.571. The van der Waals surface area contributed by atoms with Crippen LogP contribution in [0, 0.1) is 5.92 Å². The minimum absolute atomic E-state index is 0.102. The van der Waals surface area contributed by atoms with Crippen LogP contribution in [0.2, 0.25) is 0 Å². The SMILES string of the molecule is CC1CCC=C(F)C1=O. The Bertz CT molecular complexity index is 160. The van der Waals surface area contributed by atoms with Crippen LogP contribution in [0.25, 0.3) is 0 Å². The molecule has 0 amide bonds. The number of allylic oxidation sites excluding steroid dienone is 2. The Kier molecular flexibility index (Phi) is 1.65. The lowest BCUT2D eigenvalue weighted by atomic mass is 9.94. The van der Waals surface area contributed by atoms with Crippen molar-refractivity contribution in [3.63, 3.8) is 0 Å². The second-order valence-corrected chi connectivity index (χ2v) is 2.39. The summed E-state index contributed by atoms with van der Waals surface area (Å²) in [7, 11) is 0. The summed E-state index contributed by atoms with van der Waals surface area (Å²) < 4.78 is 12.3. The second-order valence-electron chi connectivity index (χ2n) is 2.39. The molecule has 0 aromatic heterocycles. The highest BCUT2D eigenvalue weighted by Crippen LogP contribution is 2.19. The van der Waals surface area contributed by atoms with E-state index >= 15 is 0 Å². The van der Waals surface area contributed by atoms with E-state index in [0.717, 1.165) is 6.42 Å². The summed E-state index contributed by atoms with van der Waals surface area (Å²) in [4.78, 5) is 10.7. The highest BCUT2D eigenvalue weighted by atomic mass is 19.1. The van der Waals surface area contributed by atoms with Crippen LogP contribution in [0.4, 0.5) is 4.39 Å². The zero-order chi connectivity index (χ0) is 6.85. The Labute approximate surface area is 53.6 Å². The number of Topliss-reactive ketones (excluding diaryl/α,β-unsaturated/α-hetero) is 1. The first-order valence-electron chi connectivity index (χ1n) is 3.11. The normalized spacial score (nSPS) is 28.0. The highest BCUT2D eigenvalue weighted by molar-refractivity contribution is 5.95. The van der Waals surface area contributed by atoms with E-state index in [-0.39, 0.29) is 11.7 Å². The number of carbonyl (C=O) groups is 1. The van der Waals surface area contributed by atoms with E-state index in [1.807, 2.05) is 0 Å². The summed E-state index contributed by atoms with van der Waals surface area (Å²) in [5.74, 6) is -0.981. The van der Waals surface area contributed by atoms with Gasteiger partial charge < -0.3 is 0 Å². The third-order valence-electron chi connectivity index (χ3n) is 1.61. The molecule has 1 unspecified atom stereocenters. The number of rotatable bonds is 0. The largest absolute Gasteiger partial charge is 0.291 e. The Morgan fingerprint density at radius 1 is 1.78 bits per heavy atom. The van der Waals surface area contributed by atoms with Crippen molar-refractivity contribution < 1.29 is 9.18 Å². The summed E-state index contributed by atoms with van der Waals surface area (Å²) in [6.45, 7) is 1.76. The first kappa shape index (κ1) is 6.46. The van der Waals surface area contributed by atoms with Crippen molar-refractivity contribution >= 4 is 5.78 Å². The van der Waals surface area contributed by atoms with Gasteiger partial charge in [0.15, 0.2) is 11.6 Å². The summed E-state index contributed by atoms with van der Waals surface area (Å²) >= 11 is 0. The molecule has 0 aromatic carbocycles. The maximum absolute atomic E-state index is 12.3. The predicted molar refractivity (Wildman–Crippen MR) is 32.6 cm³/mol. The van der Waals surface area contributed by atoms with Crippen molar-refractivity contribution in [1.29, 1.82) is 0 Å². The van der Waals surface area contributed by atoms with Crippen LogP contribution in [-0.4, -0.2) is 5.78 Å². The van der Waals surface area contributed by atoms with Crippen LogP contribution < -0.4 is 0 Å². The van der Waals surface area contributed by atoms with Gasteiger partial charge in [-0.2, -0.15) is 0 Å². The van der Waals surface area contributed by atoms with Crippen LogP contribution >= 0.6 is 0 Å². The maximum atomic E-state index is 12.3. The molecule has 0 aliphatic heterocycles. The van der Waals surface area contributed by atoms with Gasteiger partial charge in [0.25, 0.3) is 0 Å². The first-order valence-corrected chi connectivity index (χ1v) is 3.11. The molecular formula is C7H9FO. The van der Waals surface area contributed by atoms with E-state index in [9.17, 15) is 9.18 Å². The molecule has 0 spiro atoms. The lowest BCUT2D eigenvalue weighted by Crippen LogP contribution is -2.14. The van der Waals surface area contributed by atoms with Crippen LogP contribution in [-0.2, 0) is 4.79 Å². The molecule has 0 aromatic rings. The summed E-state index contributed by atoms with van der Waals surface area (Å²) in [6.07, 6.45) is 2.87. The molecule has 0 heterocycles. The van der Waals surface area contributed by atoms with E-state index in [0.29, 0.717) is 6.42 Å². The van der Waals surface area contributed by atoms with Crippen molar-refractivity contribution in [2.24, 2.45) is 5.92 Å². The molecule has 50 valence electrons. The van der Waals surface area contributed by atoms with Gasteiger partial charge in [-0.05, 0) is 18.9 Å².